The van der Waals surface area contributed by atoms with Crippen molar-refractivity contribution in [1.82, 2.24) is 9.35 Å². The lowest BCUT2D eigenvalue weighted by atomic mass is 9.67. The van der Waals surface area contributed by atoms with Crippen molar-refractivity contribution < 1.29 is 9.35 Å². The van der Waals surface area contributed by atoms with Crippen LogP contribution in [0.2, 0.25) is 0 Å². The molecule has 4 aromatic heterocycles. The second-order valence-corrected chi connectivity index (χ2v) is 18.2. The number of nitrogens with zero attached hydrogens (tertiary/aromatic N) is 4. The van der Waals surface area contributed by atoms with Crippen molar-refractivity contribution in [1.29, 1.82) is 0 Å². The van der Waals surface area contributed by atoms with Crippen molar-refractivity contribution >= 4 is 43.6 Å². The highest BCUT2D eigenvalue weighted by molar-refractivity contribution is 6.08. The van der Waals surface area contributed by atoms with Gasteiger partial charge in [-0.05, 0) is 57.3 Å². The fourth-order valence-corrected chi connectivity index (χ4v) is 9.67. The van der Waals surface area contributed by atoms with Gasteiger partial charge < -0.3 is 0 Å². The highest BCUT2D eigenvalue weighted by Crippen LogP contribution is 2.56. The molecule has 6 aromatic carbocycles. The minimum atomic E-state index is -0.781. The summed E-state index contributed by atoms with van der Waals surface area (Å²) in [6.45, 7) is 13.9. The van der Waals surface area contributed by atoms with Crippen LogP contribution < -0.4 is 9.35 Å². The smallest absolute Gasteiger partial charge is 0.151 e. The van der Waals surface area contributed by atoms with Gasteiger partial charge in [-0.3, -0.25) is 0 Å². The Morgan fingerprint density at radius 2 is 0.712 bits per heavy atom. The molecule has 0 atom stereocenters. The molecule has 4 heteroatoms. The Morgan fingerprint density at radius 1 is 0.407 bits per heavy atom. The Hall–Kier alpha value is -6.78. The van der Waals surface area contributed by atoms with E-state index in [-0.39, 0.29) is 10.8 Å². The maximum atomic E-state index is 4.12. The zero-order valence-corrected chi connectivity index (χ0v) is 34.5. The van der Waals surface area contributed by atoms with Crippen molar-refractivity contribution in [2.45, 2.75) is 57.8 Å². The van der Waals surface area contributed by atoms with Crippen LogP contribution in [0.4, 0.5) is 0 Å². The lowest BCUT2D eigenvalue weighted by Gasteiger charge is -2.39. The van der Waals surface area contributed by atoms with Crippen LogP contribution in [0.15, 0.2) is 170 Å². The summed E-state index contributed by atoms with van der Waals surface area (Å²) in [7, 11) is 0. The molecule has 0 amide bonds. The predicted octanol–water partition coefficient (Wildman–Crippen LogP) is 11.7. The van der Waals surface area contributed by atoms with Gasteiger partial charge in [-0.2, -0.15) is 21.5 Å². The molecule has 0 aliphatic heterocycles. The van der Waals surface area contributed by atoms with Crippen molar-refractivity contribution in [3.05, 3.63) is 216 Å². The van der Waals surface area contributed by atoms with Crippen molar-refractivity contribution in [2.75, 3.05) is 0 Å². The minimum absolute atomic E-state index is 0.178. The fourth-order valence-electron chi connectivity index (χ4n) is 9.67. The van der Waals surface area contributed by atoms with Crippen molar-refractivity contribution in [3.63, 3.8) is 0 Å². The molecule has 0 fully saturated rings. The molecule has 1 aliphatic rings. The molecular weight excluding hydrogens is 717 g/mol. The maximum Gasteiger partial charge on any atom is 0.151 e. The van der Waals surface area contributed by atoms with E-state index < -0.39 is 5.41 Å². The van der Waals surface area contributed by atoms with Gasteiger partial charge in [0.15, 0.2) is 12.4 Å². The van der Waals surface area contributed by atoms with Crippen LogP contribution in [0.3, 0.4) is 0 Å². The number of hydrogen-bond acceptors (Lipinski definition) is 0. The van der Waals surface area contributed by atoms with E-state index in [0.29, 0.717) is 0 Å². The van der Waals surface area contributed by atoms with E-state index in [1.807, 2.05) is 0 Å². The largest absolute Gasteiger partial charge is 0.183 e. The van der Waals surface area contributed by atoms with Crippen LogP contribution in [0.1, 0.15) is 74.9 Å². The van der Waals surface area contributed by atoms with E-state index in [1.165, 1.54) is 54.9 Å². The number of para-hydroxylation sites is 4. The van der Waals surface area contributed by atoms with Crippen LogP contribution in [-0.2, 0) is 16.2 Å². The van der Waals surface area contributed by atoms with Crippen LogP contribution in [0.25, 0.3) is 54.7 Å². The van der Waals surface area contributed by atoms with Gasteiger partial charge in [0.25, 0.3) is 0 Å². The zero-order chi connectivity index (χ0) is 40.3. The van der Waals surface area contributed by atoms with Gasteiger partial charge >= 0.3 is 0 Å². The molecular formula is C55H46N4. The minimum Gasteiger partial charge on any atom is -0.183 e. The molecule has 0 unspecified atom stereocenters. The Kier molecular flexibility index (Phi) is 7.56. The molecule has 0 saturated carbocycles. The standard InChI is InChI=1S/C55H46N4/c1-53(2,3)37-31-39(35-56(33-37)58-49-27-15-9-21-43(49)44-22-10-16-28-50(44)58)55(47-25-13-7-19-41(47)42-20-8-14-26-48(42)55)40-32-38(54(4,5)6)34-57(36-40)59-51-29-17-11-23-45(51)46-24-12-18-30-52(46)59/h7-34H,1-6H3. The first-order valence-corrected chi connectivity index (χ1v) is 20.7. The average molecular weight is 763 g/mol. The number of aromatic nitrogens is 4. The average Bonchev–Trinajstić information content (AvgIpc) is 3.87. The molecule has 1 aliphatic carbocycles. The highest BCUT2D eigenvalue weighted by atomic mass is 15.5. The summed E-state index contributed by atoms with van der Waals surface area (Å²) in [6, 6.07) is 57.8. The molecule has 0 radical (unpaired) electrons. The molecule has 286 valence electrons. The predicted molar refractivity (Wildman–Crippen MR) is 240 cm³/mol. The first-order valence-electron chi connectivity index (χ1n) is 20.7. The summed E-state index contributed by atoms with van der Waals surface area (Å²) in [5, 5.41) is 4.88. The van der Waals surface area contributed by atoms with Gasteiger partial charge in [0.2, 0.25) is 0 Å². The molecule has 0 N–H and O–H groups in total. The number of pyridine rings is 2. The number of benzene rings is 6. The van der Waals surface area contributed by atoms with E-state index >= 15 is 0 Å². The Bertz CT molecular complexity index is 2980. The van der Waals surface area contributed by atoms with Gasteiger partial charge in [0.05, 0.1) is 12.4 Å². The summed E-state index contributed by atoms with van der Waals surface area (Å²) in [5.74, 6) is 0. The van der Waals surface area contributed by atoms with Crippen LogP contribution >= 0.6 is 0 Å². The molecule has 0 saturated heterocycles. The Labute approximate surface area is 345 Å². The molecule has 4 nitrogen and oxygen atoms in total. The molecule has 11 rings (SSSR count). The number of hydrogen-bond donors (Lipinski definition) is 0. The van der Waals surface area contributed by atoms with E-state index in [9.17, 15) is 0 Å². The molecule has 0 spiro atoms. The summed E-state index contributed by atoms with van der Waals surface area (Å²) >= 11 is 0. The quantitative estimate of drug-likeness (QED) is 0.126. The third-order valence-electron chi connectivity index (χ3n) is 12.6. The van der Waals surface area contributed by atoms with E-state index in [4.69, 9.17) is 0 Å². The van der Waals surface area contributed by atoms with Crippen molar-refractivity contribution in [2.24, 2.45) is 0 Å². The maximum absolute atomic E-state index is 4.12. The topological polar surface area (TPSA) is 17.6 Å². The summed E-state index contributed by atoms with van der Waals surface area (Å²) in [6.07, 6.45) is 12.8. The lowest BCUT2D eigenvalue weighted by Crippen LogP contribution is -2.47. The Balaban J connectivity index is 1.31. The SMILES string of the molecule is CC(C)(C)c1cc(C2(c3[c-][n+](-n4c5ccccc5c5ccccc54)cc(C(C)(C)C)c3)c3ccccc3-c3ccccc32)[c-][n+](-n2c3ccccc3c3ccccc32)c1. The Morgan fingerprint density at radius 3 is 1.05 bits per heavy atom. The highest BCUT2D eigenvalue weighted by Gasteiger charge is 2.45. The third kappa shape index (κ3) is 5.15. The monoisotopic (exact) mass is 762 g/mol. The van der Waals surface area contributed by atoms with E-state index in [2.05, 4.69) is 243 Å². The summed E-state index contributed by atoms with van der Waals surface area (Å²) < 4.78 is 9.16. The number of fused-ring (bicyclic) bond motifs is 9. The summed E-state index contributed by atoms with van der Waals surface area (Å²) in [5.41, 5.74) is 12.9. The molecule has 4 heterocycles. The fraction of sp³-hybridized carbons (Fsp3) is 0.164. The molecule has 0 bridgehead atoms. The normalized spacial score (nSPS) is 13.7. The second kappa shape index (κ2) is 12.6. The van der Waals surface area contributed by atoms with E-state index in [1.54, 1.807) is 0 Å². The second-order valence-electron chi connectivity index (χ2n) is 18.2. The van der Waals surface area contributed by atoms with Gasteiger partial charge in [-0.1, -0.05) is 185 Å². The lowest BCUT2D eigenvalue weighted by molar-refractivity contribution is -0.726. The van der Waals surface area contributed by atoms with Gasteiger partial charge in [0.1, 0.15) is 22.1 Å². The van der Waals surface area contributed by atoms with Gasteiger partial charge in [-0.25, -0.2) is 0 Å². The van der Waals surface area contributed by atoms with Crippen LogP contribution in [0.5, 0.6) is 0 Å². The first kappa shape index (κ1) is 35.4. The molecule has 59 heavy (non-hydrogen) atoms. The summed E-state index contributed by atoms with van der Waals surface area (Å²) in [4.78, 5) is 0. The van der Waals surface area contributed by atoms with Crippen LogP contribution in [-0.4, -0.2) is 9.35 Å². The van der Waals surface area contributed by atoms with Crippen molar-refractivity contribution in [3.8, 4) is 11.1 Å². The first-order chi connectivity index (χ1) is 28.5. The number of rotatable bonds is 4. The third-order valence-corrected chi connectivity index (χ3v) is 12.6. The van der Waals surface area contributed by atoms with Gasteiger partial charge in [0, 0.05) is 27.0 Å². The van der Waals surface area contributed by atoms with E-state index in [0.717, 1.165) is 33.2 Å². The molecule has 10 aromatic rings. The van der Waals surface area contributed by atoms with Crippen LogP contribution in [0, 0.1) is 12.4 Å². The zero-order valence-electron chi connectivity index (χ0n) is 34.5. The van der Waals surface area contributed by atoms with Gasteiger partial charge in [-0.15, -0.1) is 9.35 Å².